The summed E-state index contributed by atoms with van der Waals surface area (Å²) in [6.07, 6.45) is 13.3. The number of ether oxygens (including phenoxy) is 3. The standard InChI is InChI=1S/C33H41NO3/c1-4-28-7-13-31(14-8-28)25-35-22-19-34(20-23-36-26-32-15-9-29(5-2)10-16-32)21-24-37-27-33-17-11-30(6-3)12-18-33/h4-11,13-18,30H,1-3,12,19-27H2. The Morgan fingerprint density at radius 2 is 1.19 bits per heavy atom. The summed E-state index contributed by atoms with van der Waals surface area (Å²) >= 11 is 0. The second-order valence-electron chi connectivity index (χ2n) is 9.16. The molecule has 0 radical (unpaired) electrons. The van der Waals surface area contributed by atoms with Crippen LogP contribution in [0.1, 0.15) is 28.7 Å². The van der Waals surface area contributed by atoms with E-state index in [-0.39, 0.29) is 0 Å². The number of hydrogen-bond donors (Lipinski definition) is 0. The molecule has 2 aromatic rings. The van der Waals surface area contributed by atoms with Crippen LogP contribution in [0, 0.1) is 5.92 Å². The minimum atomic E-state index is 0.444. The molecule has 1 aliphatic carbocycles. The second-order valence-corrected chi connectivity index (χ2v) is 9.16. The molecule has 3 rings (SSSR count). The first kappa shape index (κ1) is 28.5. The third-order valence-electron chi connectivity index (χ3n) is 6.41. The third kappa shape index (κ3) is 10.9. The SMILES string of the molecule is C=Cc1ccc(COCCN(CCOCC2=CCC(C=C)C=C2)CCOCc2ccc(C=C)cc2)cc1. The van der Waals surface area contributed by atoms with E-state index in [4.69, 9.17) is 14.2 Å². The van der Waals surface area contributed by atoms with Crippen molar-refractivity contribution in [1.29, 1.82) is 0 Å². The summed E-state index contributed by atoms with van der Waals surface area (Å²) < 4.78 is 17.9. The molecule has 4 heteroatoms. The van der Waals surface area contributed by atoms with Crippen LogP contribution in [0.15, 0.2) is 98.1 Å². The van der Waals surface area contributed by atoms with Gasteiger partial charge in [0.25, 0.3) is 0 Å². The summed E-state index contributed by atoms with van der Waals surface area (Å²) in [5, 5.41) is 0. The van der Waals surface area contributed by atoms with Gasteiger partial charge in [-0.1, -0.05) is 98.1 Å². The van der Waals surface area contributed by atoms with Crippen molar-refractivity contribution in [2.75, 3.05) is 46.1 Å². The van der Waals surface area contributed by atoms with Gasteiger partial charge in [-0.05, 0) is 40.2 Å². The van der Waals surface area contributed by atoms with Crippen LogP contribution in [0.2, 0.25) is 0 Å². The Hall–Kier alpha value is -3.02. The number of hydrogen-bond acceptors (Lipinski definition) is 4. The van der Waals surface area contributed by atoms with Crippen molar-refractivity contribution in [3.63, 3.8) is 0 Å². The molecular formula is C33H41NO3. The summed E-state index contributed by atoms with van der Waals surface area (Å²) in [7, 11) is 0. The predicted molar refractivity (Wildman–Crippen MR) is 155 cm³/mol. The Bertz CT molecular complexity index is 961. The van der Waals surface area contributed by atoms with E-state index in [0.717, 1.165) is 37.2 Å². The minimum Gasteiger partial charge on any atom is -0.375 e. The third-order valence-corrected chi connectivity index (χ3v) is 6.41. The maximum absolute atomic E-state index is 5.98. The summed E-state index contributed by atoms with van der Waals surface area (Å²) in [5.74, 6) is 0.444. The summed E-state index contributed by atoms with van der Waals surface area (Å²) in [5.41, 5.74) is 5.80. The van der Waals surface area contributed by atoms with Gasteiger partial charge < -0.3 is 14.2 Å². The van der Waals surface area contributed by atoms with Gasteiger partial charge in [-0.3, -0.25) is 4.90 Å². The monoisotopic (exact) mass is 499 g/mol. The molecule has 0 aromatic heterocycles. The highest BCUT2D eigenvalue weighted by atomic mass is 16.5. The van der Waals surface area contributed by atoms with E-state index in [1.165, 1.54) is 16.7 Å². The zero-order valence-electron chi connectivity index (χ0n) is 22.0. The molecule has 0 spiro atoms. The molecule has 0 aliphatic heterocycles. The molecule has 4 nitrogen and oxygen atoms in total. The normalized spacial score (nSPS) is 14.9. The molecule has 2 aromatic carbocycles. The first-order valence-electron chi connectivity index (χ1n) is 13.1. The lowest BCUT2D eigenvalue weighted by molar-refractivity contribution is 0.0490. The van der Waals surface area contributed by atoms with E-state index in [9.17, 15) is 0 Å². The van der Waals surface area contributed by atoms with Crippen LogP contribution in [0.25, 0.3) is 12.2 Å². The van der Waals surface area contributed by atoms with Crippen LogP contribution in [0.4, 0.5) is 0 Å². The fourth-order valence-electron chi connectivity index (χ4n) is 3.95. The van der Waals surface area contributed by atoms with Gasteiger partial charge in [0, 0.05) is 19.6 Å². The number of allylic oxidation sites excluding steroid dienone is 3. The maximum atomic E-state index is 5.98. The van der Waals surface area contributed by atoms with E-state index in [1.54, 1.807) is 0 Å². The van der Waals surface area contributed by atoms with Gasteiger partial charge in [-0.2, -0.15) is 0 Å². The quantitative estimate of drug-likeness (QED) is 0.168. The van der Waals surface area contributed by atoms with Gasteiger partial charge >= 0.3 is 0 Å². The molecular weight excluding hydrogens is 458 g/mol. The predicted octanol–water partition coefficient (Wildman–Crippen LogP) is 6.71. The first-order chi connectivity index (χ1) is 18.2. The zero-order chi connectivity index (χ0) is 26.1. The molecule has 37 heavy (non-hydrogen) atoms. The van der Waals surface area contributed by atoms with Gasteiger partial charge in [0.15, 0.2) is 0 Å². The van der Waals surface area contributed by atoms with E-state index in [0.29, 0.717) is 45.6 Å². The minimum absolute atomic E-state index is 0.444. The molecule has 0 fully saturated rings. The number of rotatable bonds is 18. The Kier molecular flexibility index (Phi) is 12.9. The van der Waals surface area contributed by atoms with Gasteiger partial charge in [0.2, 0.25) is 0 Å². The molecule has 0 heterocycles. The summed E-state index contributed by atoms with van der Waals surface area (Å²) in [6.45, 7) is 17.8. The molecule has 1 unspecified atom stereocenters. The summed E-state index contributed by atoms with van der Waals surface area (Å²) in [6, 6.07) is 16.6. The van der Waals surface area contributed by atoms with Crippen molar-refractivity contribution in [3.05, 3.63) is 120 Å². The first-order valence-corrected chi connectivity index (χ1v) is 13.1. The topological polar surface area (TPSA) is 30.9 Å². The lowest BCUT2D eigenvalue weighted by atomic mass is 9.97. The van der Waals surface area contributed by atoms with Crippen LogP contribution in [-0.4, -0.2) is 51.0 Å². The van der Waals surface area contributed by atoms with Gasteiger partial charge in [-0.15, -0.1) is 6.58 Å². The fraction of sp³-hybridized carbons (Fsp3) is 0.333. The van der Waals surface area contributed by atoms with Gasteiger partial charge in [0.05, 0.1) is 39.6 Å². The highest BCUT2D eigenvalue weighted by Gasteiger charge is 2.08. The van der Waals surface area contributed by atoms with Crippen LogP contribution >= 0.6 is 0 Å². The molecule has 1 atom stereocenters. The number of benzene rings is 2. The molecule has 0 bridgehead atoms. The van der Waals surface area contributed by atoms with Crippen molar-refractivity contribution in [1.82, 2.24) is 4.90 Å². The molecule has 196 valence electrons. The van der Waals surface area contributed by atoms with E-state index in [1.807, 2.05) is 18.2 Å². The average Bonchev–Trinajstić information content (AvgIpc) is 2.96. The molecule has 0 saturated heterocycles. The highest BCUT2D eigenvalue weighted by Crippen LogP contribution is 2.17. The fourth-order valence-corrected chi connectivity index (χ4v) is 3.95. The Balaban J connectivity index is 1.39. The van der Waals surface area contributed by atoms with Gasteiger partial charge in [0.1, 0.15) is 0 Å². The van der Waals surface area contributed by atoms with Gasteiger partial charge in [-0.25, -0.2) is 0 Å². The lowest BCUT2D eigenvalue weighted by Crippen LogP contribution is -2.34. The van der Waals surface area contributed by atoms with Crippen molar-refractivity contribution in [2.24, 2.45) is 5.92 Å². The van der Waals surface area contributed by atoms with E-state index in [2.05, 4.69) is 91.4 Å². The average molecular weight is 500 g/mol. The van der Waals surface area contributed by atoms with Crippen LogP contribution in [0.5, 0.6) is 0 Å². The largest absolute Gasteiger partial charge is 0.375 e. The van der Waals surface area contributed by atoms with Crippen molar-refractivity contribution in [3.8, 4) is 0 Å². The summed E-state index contributed by atoms with van der Waals surface area (Å²) in [4.78, 5) is 2.35. The Morgan fingerprint density at radius 1 is 0.703 bits per heavy atom. The van der Waals surface area contributed by atoms with Crippen LogP contribution < -0.4 is 0 Å². The van der Waals surface area contributed by atoms with Crippen molar-refractivity contribution < 1.29 is 14.2 Å². The second kappa shape index (κ2) is 16.7. The molecule has 1 aliphatic rings. The molecule has 0 N–H and O–H groups in total. The van der Waals surface area contributed by atoms with Crippen molar-refractivity contribution >= 4 is 12.2 Å². The number of nitrogens with zero attached hydrogens (tertiary/aromatic N) is 1. The van der Waals surface area contributed by atoms with Crippen LogP contribution in [-0.2, 0) is 27.4 Å². The molecule has 0 saturated carbocycles. The highest BCUT2D eigenvalue weighted by molar-refractivity contribution is 5.47. The van der Waals surface area contributed by atoms with Crippen LogP contribution in [0.3, 0.4) is 0 Å². The molecule has 0 amide bonds. The van der Waals surface area contributed by atoms with Crippen molar-refractivity contribution in [2.45, 2.75) is 19.6 Å². The Labute approximate surface area is 223 Å². The van der Waals surface area contributed by atoms with E-state index >= 15 is 0 Å². The Morgan fingerprint density at radius 3 is 1.59 bits per heavy atom. The lowest BCUT2D eigenvalue weighted by Gasteiger charge is -2.22. The smallest absolute Gasteiger partial charge is 0.0717 e. The van der Waals surface area contributed by atoms with E-state index < -0.39 is 0 Å². The zero-order valence-corrected chi connectivity index (χ0v) is 22.0. The maximum Gasteiger partial charge on any atom is 0.0717 e.